The van der Waals surface area contributed by atoms with Gasteiger partial charge in [0.1, 0.15) is 0 Å². The van der Waals surface area contributed by atoms with Gasteiger partial charge >= 0.3 is 0 Å². The summed E-state index contributed by atoms with van der Waals surface area (Å²) >= 11 is 0. The zero-order valence-corrected chi connectivity index (χ0v) is 20.3. The molecule has 0 aliphatic heterocycles. The SMILES string of the molecule is CCCCCCCCCCC[C@@H](O[Si](C)(C)C)[C@@H](N)CO[Si](C)(C)C. The van der Waals surface area contributed by atoms with E-state index in [2.05, 4.69) is 46.2 Å². The first-order valence-corrected chi connectivity index (χ1v) is 17.4. The van der Waals surface area contributed by atoms with Gasteiger partial charge in [0.15, 0.2) is 16.6 Å². The molecule has 0 saturated carbocycles. The van der Waals surface area contributed by atoms with E-state index in [1.165, 1.54) is 57.8 Å². The van der Waals surface area contributed by atoms with Crippen LogP contribution in [0.25, 0.3) is 0 Å². The summed E-state index contributed by atoms with van der Waals surface area (Å²) in [5.74, 6) is 0. The molecule has 152 valence electrons. The maximum absolute atomic E-state index is 6.44. The lowest BCUT2D eigenvalue weighted by Gasteiger charge is -2.32. The molecule has 0 aromatic heterocycles. The van der Waals surface area contributed by atoms with E-state index >= 15 is 0 Å². The van der Waals surface area contributed by atoms with Gasteiger partial charge in [0.05, 0.1) is 18.8 Å². The average molecular weight is 390 g/mol. The van der Waals surface area contributed by atoms with E-state index in [9.17, 15) is 0 Å². The molecule has 25 heavy (non-hydrogen) atoms. The van der Waals surface area contributed by atoms with Crippen LogP contribution in [0.3, 0.4) is 0 Å². The van der Waals surface area contributed by atoms with E-state index < -0.39 is 16.6 Å². The van der Waals surface area contributed by atoms with Crippen molar-refractivity contribution in [3.05, 3.63) is 0 Å². The van der Waals surface area contributed by atoms with Crippen LogP contribution in [0.5, 0.6) is 0 Å². The van der Waals surface area contributed by atoms with Gasteiger partial charge in [-0.1, -0.05) is 64.7 Å². The molecule has 5 heteroatoms. The molecule has 0 amide bonds. The van der Waals surface area contributed by atoms with Crippen LogP contribution in [0, 0.1) is 0 Å². The van der Waals surface area contributed by atoms with Gasteiger partial charge < -0.3 is 14.6 Å². The van der Waals surface area contributed by atoms with Crippen LogP contribution >= 0.6 is 0 Å². The molecular weight excluding hydrogens is 342 g/mol. The third-order valence-corrected chi connectivity index (χ3v) is 6.33. The Morgan fingerprint density at radius 2 is 1.20 bits per heavy atom. The summed E-state index contributed by atoms with van der Waals surface area (Å²) in [6.45, 7) is 16.3. The predicted octanol–water partition coefficient (Wildman–Crippen LogP) is 6.31. The lowest BCUT2D eigenvalue weighted by Crippen LogP contribution is -2.47. The first-order chi connectivity index (χ1) is 11.5. The van der Waals surface area contributed by atoms with Gasteiger partial charge in [0.2, 0.25) is 0 Å². The minimum Gasteiger partial charge on any atom is -0.416 e. The van der Waals surface area contributed by atoms with Gasteiger partial charge in [-0.15, -0.1) is 0 Å². The third kappa shape index (κ3) is 17.5. The average Bonchev–Trinajstić information content (AvgIpc) is 2.48. The topological polar surface area (TPSA) is 44.5 Å². The molecule has 0 spiro atoms. The molecule has 0 fully saturated rings. The molecule has 0 aromatic rings. The molecule has 0 aliphatic rings. The molecule has 0 aliphatic carbocycles. The normalized spacial score (nSPS) is 15.4. The molecule has 0 unspecified atom stereocenters. The van der Waals surface area contributed by atoms with Crippen molar-refractivity contribution < 1.29 is 8.85 Å². The monoisotopic (exact) mass is 389 g/mol. The standard InChI is InChI=1S/C20H47NO2Si2/c1-8-9-10-11-12-13-14-15-16-17-20(23-25(5,6)7)19(21)18-22-24(2,3)4/h19-20H,8-18,21H2,1-7H3/t19-,20+/m0/s1. The van der Waals surface area contributed by atoms with Crippen LogP contribution in [-0.2, 0) is 8.85 Å². The number of rotatable bonds is 16. The number of unbranched alkanes of at least 4 members (excludes halogenated alkanes) is 8. The van der Waals surface area contributed by atoms with Gasteiger partial charge in [-0.25, -0.2) is 0 Å². The summed E-state index contributed by atoms with van der Waals surface area (Å²) in [7, 11) is -3.09. The van der Waals surface area contributed by atoms with E-state index in [-0.39, 0.29) is 12.1 Å². The van der Waals surface area contributed by atoms with E-state index in [1.807, 2.05) is 0 Å². The third-order valence-electron chi connectivity index (χ3n) is 4.28. The highest BCUT2D eigenvalue weighted by Gasteiger charge is 2.27. The molecular formula is C20H47NO2Si2. The summed E-state index contributed by atoms with van der Waals surface area (Å²) in [6.07, 6.45) is 13.5. The Morgan fingerprint density at radius 3 is 1.64 bits per heavy atom. The Kier molecular flexibility index (Phi) is 13.6. The Bertz CT molecular complexity index is 314. The summed E-state index contributed by atoms with van der Waals surface area (Å²) < 4.78 is 12.4. The van der Waals surface area contributed by atoms with Crippen molar-refractivity contribution in [2.45, 2.75) is 123 Å². The first-order valence-electron chi connectivity index (χ1n) is 10.6. The second-order valence-corrected chi connectivity index (χ2v) is 18.4. The Morgan fingerprint density at radius 1 is 0.720 bits per heavy atom. The lowest BCUT2D eigenvalue weighted by atomic mass is 10.0. The maximum atomic E-state index is 6.44. The molecule has 2 N–H and O–H groups in total. The zero-order valence-electron chi connectivity index (χ0n) is 18.3. The smallest absolute Gasteiger partial charge is 0.184 e. The summed E-state index contributed by atoms with van der Waals surface area (Å²) in [5.41, 5.74) is 6.44. The van der Waals surface area contributed by atoms with Gasteiger partial charge in [-0.2, -0.15) is 0 Å². The predicted molar refractivity (Wildman–Crippen MR) is 117 cm³/mol. The Hall–Kier alpha value is 0.314. The Labute approximate surface area is 160 Å². The quantitative estimate of drug-likeness (QED) is 0.248. The maximum Gasteiger partial charge on any atom is 0.184 e. The lowest BCUT2D eigenvalue weighted by molar-refractivity contribution is 0.118. The van der Waals surface area contributed by atoms with Gasteiger partial charge in [-0.05, 0) is 45.7 Å². The minimum atomic E-state index is -1.58. The molecule has 0 rings (SSSR count). The van der Waals surface area contributed by atoms with Crippen molar-refractivity contribution in [2.75, 3.05) is 6.61 Å². The molecule has 0 aromatic carbocycles. The highest BCUT2D eigenvalue weighted by Crippen LogP contribution is 2.18. The second-order valence-electron chi connectivity index (χ2n) is 9.47. The van der Waals surface area contributed by atoms with Crippen molar-refractivity contribution >= 4 is 16.6 Å². The molecule has 3 nitrogen and oxygen atoms in total. The van der Waals surface area contributed by atoms with E-state index in [0.29, 0.717) is 6.61 Å². The first kappa shape index (κ1) is 25.3. The van der Waals surface area contributed by atoms with Crippen LogP contribution in [0.15, 0.2) is 0 Å². The molecule has 2 atom stereocenters. The van der Waals surface area contributed by atoms with Crippen molar-refractivity contribution in [3.8, 4) is 0 Å². The van der Waals surface area contributed by atoms with Crippen molar-refractivity contribution in [1.29, 1.82) is 0 Å². The Balaban J connectivity index is 4.07. The number of hydrogen-bond donors (Lipinski definition) is 1. The summed E-state index contributed by atoms with van der Waals surface area (Å²) in [4.78, 5) is 0. The number of hydrogen-bond acceptors (Lipinski definition) is 3. The molecule has 0 saturated heterocycles. The highest BCUT2D eigenvalue weighted by molar-refractivity contribution is 6.70. The molecule has 0 bridgehead atoms. The van der Waals surface area contributed by atoms with Gasteiger partial charge in [-0.3, -0.25) is 0 Å². The molecule has 0 radical (unpaired) electrons. The van der Waals surface area contributed by atoms with Crippen LogP contribution in [-0.4, -0.2) is 35.4 Å². The fourth-order valence-electron chi connectivity index (χ4n) is 2.92. The van der Waals surface area contributed by atoms with E-state index in [0.717, 1.165) is 6.42 Å². The fraction of sp³-hybridized carbons (Fsp3) is 1.00. The zero-order chi connectivity index (χ0) is 19.3. The summed E-state index contributed by atoms with van der Waals surface area (Å²) in [6, 6.07) is 0.00694. The minimum absolute atomic E-state index is 0.00694. The largest absolute Gasteiger partial charge is 0.416 e. The van der Waals surface area contributed by atoms with Crippen LogP contribution < -0.4 is 5.73 Å². The fourth-order valence-corrected chi connectivity index (χ4v) is 4.82. The van der Waals surface area contributed by atoms with E-state index in [4.69, 9.17) is 14.6 Å². The van der Waals surface area contributed by atoms with E-state index in [1.54, 1.807) is 0 Å². The van der Waals surface area contributed by atoms with Gasteiger partial charge in [0, 0.05) is 0 Å². The second kappa shape index (κ2) is 13.5. The number of nitrogens with two attached hydrogens (primary N) is 1. The van der Waals surface area contributed by atoms with Crippen molar-refractivity contribution in [2.24, 2.45) is 5.73 Å². The highest BCUT2D eigenvalue weighted by atomic mass is 28.4. The summed E-state index contributed by atoms with van der Waals surface area (Å²) in [5, 5.41) is 0. The molecule has 0 heterocycles. The van der Waals surface area contributed by atoms with Crippen LogP contribution in [0.2, 0.25) is 39.3 Å². The van der Waals surface area contributed by atoms with Gasteiger partial charge in [0.25, 0.3) is 0 Å². The van der Waals surface area contributed by atoms with Crippen molar-refractivity contribution in [1.82, 2.24) is 0 Å². The van der Waals surface area contributed by atoms with Crippen LogP contribution in [0.4, 0.5) is 0 Å². The van der Waals surface area contributed by atoms with Crippen LogP contribution in [0.1, 0.15) is 71.1 Å². The van der Waals surface area contributed by atoms with Crippen molar-refractivity contribution in [3.63, 3.8) is 0 Å².